The van der Waals surface area contributed by atoms with E-state index < -0.39 is 0 Å². The number of nitrogens with zero attached hydrogens (tertiary/aromatic N) is 2. The Balaban J connectivity index is 1.34. The molecule has 154 valence electrons. The predicted molar refractivity (Wildman–Crippen MR) is 110 cm³/mol. The van der Waals surface area contributed by atoms with Crippen molar-refractivity contribution in [3.8, 4) is 5.75 Å². The van der Waals surface area contributed by atoms with E-state index in [0.717, 1.165) is 34.7 Å². The van der Waals surface area contributed by atoms with Gasteiger partial charge in [-0.1, -0.05) is 23.5 Å². The summed E-state index contributed by atoms with van der Waals surface area (Å²) in [6, 6.07) is 7.66. The summed E-state index contributed by atoms with van der Waals surface area (Å²) >= 11 is 1.45. The summed E-state index contributed by atoms with van der Waals surface area (Å²) in [7, 11) is 0. The molecule has 2 amide bonds. The molecule has 1 aromatic heterocycles. The van der Waals surface area contributed by atoms with Gasteiger partial charge in [0.1, 0.15) is 11.9 Å². The molecule has 1 saturated heterocycles. The van der Waals surface area contributed by atoms with Crippen LogP contribution in [0, 0.1) is 0 Å². The largest absolute Gasteiger partial charge is 0.494 e. The SMILES string of the molecule is CCOc1ccc(CC(=O)N2CCc3nc(NC(=O)C4CCCO4)sc3C2)cc1. The average molecular weight is 416 g/mol. The van der Waals surface area contributed by atoms with Crippen molar-refractivity contribution in [1.82, 2.24) is 9.88 Å². The Morgan fingerprint density at radius 2 is 2.17 bits per heavy atom. The Morgan fingerprint density at radius 1 is 1.34 bits per heavy atom. The Hall–Kier alpha value is -2.45. The van der Waals surface area contributed by atoms with Crippen LogP contribution in [0.5, 0.6) is 5.75 Å². The number of ether oxygens (including phenoxy) is 2. The smallest absolute Gasteiger partial charge is 0.255 e. The molecule has 1 N–H and O–H groups in total. The van der Waals surface area contributed by atoms with Crippen LogP contribution in [0.3, 0.4) is 0 Å². The maximum atomic E-state index is 12.7. The lowest BCUT2D eigenvalue weighted by Crippen LogP contribution is -2.36. The van der Waals surface area contributed by atoms with Crippen LogP contribution in [-0.4, -0.2) is 47.6 Å². The Kier molecular flexibility index (Phi) is 6.10. The second kappa shape index (κ2) is 8.92. The molecule has 1 fully saturated rings. The first-order valence-corrected chi connectivity index (χ1v) is 10.8. The maximum absolute atomic E-state index is 12.7. The molecule has 4 rings (SSSR count). The van der Waals surface area contributed by atoms with E-state index in [2.05, 4.69) is 10.3 Å². The van der Waals surface area contributed by atoms with Gasteiger partial charge < -0.3 is 14.4 Å². The topological polar surface area (TPSA) is 80.8 Å². The van der Waals surface area contributed by atoms with E-state index in [1.54, 1.807) is 0 Å². The molecule has 0 aliphatic carbocycles. The van der Waals surface area contributed by atoms with Gasteiger partial charge in [0.2, 0.25) is 5.91 Å². The summed E-state index contributed by atoms with van der Waals surface area (Å²) in [6.45, 7) is 4.39. The average Bonchev–Trinajstić information content (AvgIpc) is 3.38. The third-order valence-electron chi connectivity index (χ3n) is 5.13. The molecule has 0 spiro atoms. The van der Waals surface area contributed by atoms with Crippen LogP contribution >= 0.6 is 11.3 Å². The fraction of sp³-hybridized carbons (Fsp3) is 0.476. The first-order chi connectivity index (χ1) is 14.1. The number of hydrogen-bond donors (Lipinski definition) is 1. The van der Waals surface area contributed by atoms with Crippen molar-refractivity contribution < 1.29 is 19.1 Å². The third kappa shape index (κ3) is 4.76. The van der Waals surface area contributed by atoms with Crippen LogP contribution in [0.15, 0.2) is 24.3 Å². The van der Waals surface area contributed by atoms with Gasteiger partial charge in [-0.15, -0.1) is 0 Å². The number of thiazole rings is 1. The van der Waals surface area contributed by atoms with Crippen molar-refractivity contribution in [2.75, 3.05) is 25.1 Å². The molecule has 0 radical (unpaired) electrons. The lowest BCUT2D eigenvalue weighted by Gasteiger charge is -2.26. The molecule has 2 aliphatic rings. The fourth-order valence-electron chi connectivity index (χ4n) is 3.59. The summed E-state index contributed by atoms with van der Waals surface area (Å²) in [5.74, 6) is 0.781. The maximum Gasteiger partial charge on any atom is 0.255 e. The predicted octanol–water partition coefficient (Wildman–Crippen LogP) is 2.79. The number of benzene rings is 1. The summed E-state index contributed by atoms with van der Waals surface area (Å²) < 4.78 is 10.9. The Morgan fingerprint density at radius 3 is 2.90 bits per heavy atom. The van der Waals surface area contributed by atoms with Crippen LogP contribution in [0.1, 0.15) is 35.9 Å². The molecular formula is C21H25N3O4S. The van der Waals surface area contributed by atoms with Crippen molar-refractivity contribution in [3.05, 3.63) is 40.4 Å². The lowest BCUT2D eigenvalue weighted by molar-refractivity contribution is -0.131. The molecule has 8 heteroatoms. The van der Waals surface area contributed by atoms with Gasteiger partial charge in [0, 0.05) is 24.4 Å². The molecule has 3 heterocycles. The van der Waals surface area contributed by atoms with Crippen molar-refractivity contribution in [2.24, 2.45) is 0 Å². The quantitative estimate of drug-likeness (QED) is 0.785. The number of carbonyl (C=O) groups is 2. The van der Waals surface area contributed by atoms with E-state index in [0.29, 0.717) is 44.3 Å². The van der Waals surface area contributed by atoms with Crippen LogP contribution < -0.4 is 10.1 Å². The first-order valence-electron chi connectivity index (χ1n) is 10.0. The molecule has 2 aromatic rings. The van der Waals surface area contributed by atoms with Crippen molar-refractivity contribution in [1.29, 1.82) is 0 Å². The van der Waals surface area contributed by atoms with Gasteiger partial charge in [0.05, 0.1) is 25.3 Å². The van der Waals surface area contributed by atoms with E-state index >= 15 is 0 Å². The summed E-state index contributed by atoms with van der Waals surface area (Å²) in [5, 5.41) is 3.46. The van der Waals surface area contributed by atoms with Crippen molar-refractivity contribution in [3.63, 3.8) is 0 Å². The number of anilines is 1. The first kappa shape index (κ1) is 19.8. The van der Waals surface area contributed by atoms with Gasteiger partial charge in [-0.2, -0.15) is 0 Å². The molecule has 1 aromatic carbocycles. The minimum atomic E-state index is -0.372. The van der Waals surface area contributed by atoms with Crippen molar-refractivity contribution >= 4 is 28.3 Å². The molecule has 1 atom stereocenters. The Labute approximate surface area is 174 Å². The van der Waals surface area contributed by atoms with Crippen LogP contribution in [0.25, 0.3) is 0 Å². The van der Waals surface area contributed by atoms with Crippen LogP contribution in [0.4, 0.5) is 5.13 Å². The fourth-order valence-corrected chi connectivity index (χ4v) is 4.62. The van der Waals surface area contributed by atoms with Gasteiger partial charge in [-0.05, 0) is 37.5 Å². The molecule has 0 bridgehead atoms. The van der Waals surface area contributed by atoms with E-state index in [9.17, 15) is 9.59 Å². The van der Waals surface area contributed by atoms with E-state index in [-0.39, 0.29) is 17.9 Å². The monoisotopic (exact) mass is 415 g/mol. The van der Waals surface area contributed by atoms with E-state index in [4.69, 9.17) is 9.47 Å². The molecule has 7 nitrogen and oxygen atoms in total. The lowest BCUT2D eigenvalue weighted by atomic mass is 10.1. The zero-order chi connectivity index (χ0) is 20.2. The molecular weight excluding hydrogens is 390 g/mol. The van der Waals surface area contributed by atoms with Gasteiger partial charge in [-0.25, -0.2) is 4.98 Å². The zero-order valence-electron chi connectivity index (χ0n) is 16.5. The highest BCUT2D eigenvalue weighted by Crippen LogP contribution is 2.29. The number of hydrogen-bond acceptors (Lipinski definition) is 6. The molecule has 2 aliphatic heterocycles. The van der Waals surface area contributed by atoms with E-state index in [1.807, 2.05) is 36.1 Å². The van der Waals surface area contributed by atoms with Gasteiger partial charge in [0.15, 0.2) is 5.13 Å². The zero-order valence-corrected chi connectivity index (χ0v) is 17.3. The molecule has 0 saturated carbocycles. The summed E-state index contributed by atoms with van der Waals surface area (Å²) in [4.78, 5) is 32.4. The van der Waals surface area contributed by atoms with E-state index in [1.165, 1.54) is 11.3 Å². The van der Waals surface area contributed by atoms with Crippen LogP contribution in [0.2, 0.25) is 0 Å². The number of amides is 2. The van der Waals surface area contributed by atoms with Crippen molar-refractivity contribution in [2.45, 2.75) is 45.3 Å². The minimum absolute atomic E-state index is 0.0955. The third-order valence-corrected chi connectivity index (χ3v) is 6.12. The highest BCUT2D eigenvalue weighted by Gasteiger charge is 2.27. The minimum Gasteiger partial charge on any atom is -0.494 e. The number of carbonyl (C=O) groups excluding carboxylic acids is 2. The van der Waals surface area contributed by atoms with Gasteiger partial charge in [-0.3, -0.25) is 14.9 Å². The summed E-state index contributed by atoms with van der Waals surface area (Å²) in [6.07, 6.45) is 2.37. The standard InChI is InChI=1S/C21H25N3O4S/c1-2-27-15-7-5-14(6-8-15)12-19(25)24-10-9-16-18(13-24)29-21(22-16)23-20(26)17-4-3-11-28-17/h5-8,17H,2-4,9-13H2,1H3,(H,22,23,26). The second-order valence-electron chi connectivity index (χ2n) is 7.20. The molecule has 29 heavy (non-hydrogen) atoms. The number of nitrogens with one attached hydrogen (secondary N) is 1. The van der Waals surface area contributed by atoms with Gasteiger partial charge in [0.25, 0.3) is 5.91 Å². The Bertz CT molecular complexity index is 875. The second-order valence-corrected chi connectivity index (χ2v) is 8.28. The number of rotatable bonds is 6. The van der Waals surface area contributed by atoms with Gasteiger partial charge >= 0.3 is 0 Å². The highest BCUT2D eigenvalue weighted by atomic mass is 32.1. The van der Waals surface area contributed by atoms with Crippen LogP contribution in [-0.2, 0) is 33.7 Å². The molecule has 1 unspecified atom stereocenters. The highest BCUT2D eigenvalue weighted by molar-refractivity contribution is 7.15. The number of aromatic nitrogens is 1. The number of fused-ring (bicyclic) bond motifs is 1. The normalized spacial score (nSPS) is 18.4. The summed E-state index contributed by atoms with van der Waals surface area (Å²) in [5.41, 5.74) is 1.95.